The number of carbonyl (C=O) groups is 1. The Kier molecular flexibility index (Phi) is 5.88. The predicted octanol–water partition coefficient (Wildman–Crippen LogP) is 3.37. The van der Waals surface area contributed by atoms with Crippen LogP contribution in [0.25, 0.3) is 10.4 Å². The lowest BCUT2D eigenvalue weighted by atomic mass is 9.98. The monoisotopic (exact) mass is 384 g/mol. The van der Waals surface area contributed by atoms with E-state index < -0.39 is 5.23 Å². The minimum Gasteiger partial charge on any atom is -0.628 e. The van der Waals surface area contributed by atoms with Gasteiger partial charge in [0.15, 0.2) is 5.78 Å². The highest BCUT2D eigenvalue weighted by molar-refractivity contribution is 7.13. The van der Waals surface area contributed by atoms with E-state index in [0.29, 0.717) is 22.6 Å². The molecular formula is C20H18NO5S-. The van der Waals surface area contributed by atoms with Crippen molar-refractivity contribution in [2.75, 3.05) is 14.2 Å². The zero-order valence-electron chi connectivity index (χ0n) is 14.9. The van der Waals surface area contributed by atoms with E-state index in [2.05, 4.69) is 0 Å². The summed E-state index contributed by atoms with van der Waals surface area (Å²) in [6.07, 6.45) is 0.0912. The molecule has 0 aliphatic heterocycles. The highest BCUT2D eigenvalue weighted by atomic mass is 32.1. The van der Waals surface area contributed by atoms with Gasteiger partial charge in [0, 0.05) is 16.9 Å². The fraction of sp³-hybridized carbons (Fsp3) is 0.150. The molecule has 0 saturated heterocycles. The summed E-state index contributed by atoms with van der Waals surface area (Å²) in [7, 11) is 3.03. The highest BCUT2D eigenvalue weighted by Crippen LogP contribution is 2.40. The van der Waals surface area contributed by atoms with Gasteiger partial charge in [-0.3, -0.25) is 4.79 Å². The van der Waals surface area contributed by atoms with E-state index in [1.54, 1.807) is 29.5 Å². The Bertz CT molecular complexity index is 920. The maximum atomic E-state index is 13.0. The first-order chi connectivity index (χ1) is 13.0. The summed E-state index contributed by atoms with van der Waals surface area (Å²) in [4.78, 5) is 14.0. The maximum Gasteiger partial charge on any atom is 0.174 e. The molecule has 0 amide bonds. The Morgan fingerprint density at radius 2 is 1.78 bits per heavy atom. The number of ether oxygens (including phenoxy) is 2. The number of benzene rings is 2. The molecule has 0 unspecified atom stereocenters. The van der Waals surface area contributed by atoms with Crippen molar-refractivity contribution in [1.29, 1.82) is 0 Å². The quantitative estimate of drug-likeness (QED) is 0.499. The van der Waals surface area contributed by atoms with Crippen molar-refractivity contribution in [2.45, 2.75) is 6.42 Å². The topological polar surface area (TPSA) is 86.1 Å². The lowest BCUT2D eigenvalue weighted by Gasteiger charge is -2.24. The second kappa shape index (κ2) is 8.32. The van der Waals surface area contributed by atoms with Gasteiger partial charge in [0.05, 0.1) is 14.2 Å². The molecule has 0 radical (unpaired) electrons. The van der Waals surface area contributed by atoms with Crippen LogP contribution in [0.15, 0.2) is 53.9 Å². The average Bonchev–Trinajstić information content (AvgIpc) is 3.21. The molecule has 0 aliphatic carbocycles. The van der Waals surface area contributed by atoms with Crippen molar-refractivity contribution in [3.05, 3.63) is 75.5 Å². The summed E-state index contributed by atoms with van der Waals surface area (Å²) in [6.45, 7) is 0. The van der Waals surface area contributed by atoms with E-state index in [-0.39, 0.29) is 17.9 Å². The van der Waals surface area contributed by atoms with E-state index in [9.17, 15) is 15.2 Å². The lowest BCUT2D eigenvalue weighted by molar-refractivity contribution is -0.715. The van der Waals surface area contributed by atoms with Gasteiger partial charge >= 0.3 is 0 Å². The van der Waals surface area contributed by atoms with Crippen LogP contribution >= 0.6 is 11.3 Å². The summed E-state index contributed by atoms with van der Waals surface area (Å²) >= 11 is 1.55. The van der Waals surface area contributed by atoms with Crippen molar-refractivity contribution >= 4 is 22.8 Å². The minimum absolute atomic E-state index is 0.0704. The number of methoxy groups -OCH3 is 2. The van der Waals surface area contributed by atoms with Crippen LogP contribution in [0.4, 0.5) is 5.69 Å². The number of ketones is 1. The number of Topliss-reactive ketones (excluding diaryl/α,β-unsaturated/α-hetero) is 1. The number of quaternary nitrogens is 1. The molecule has 1 heterocycles. The standard InChI is InChI=1S/C20H18NO5S/c1-25-17-10-9-15(18-4-3-11-27-18)20(26-2)19(17)16(22)12-13-5-7-14(8-6-13)21(23)24/h3-11,21H,12H2,1-2H3/q-1. The van der Waals surface area contributed by atoms with Gasteiger partial charge in [-0.2, -0.15) is 0 Å². The molecule has 0 atom stereocenters. The van der Waals surface area contributed by atoms with Crippen LogP contribution in [0.2, 0.25) is 0 Å². The summed E-state index contributed by atoms with van der Waals surface area (Å²) in [5.74, 6) is 0.722. The third-order valence-corrected chi connectivity index (χ3v) is 5.07. The molecule has 6 nitrogen and oxygen atoms in total. The molecule has 2 aromatic carbocycles. The summed E-state index contributed by atoms with van der Waals surface area (Å²) in [5.41, 5.74) is 1.95. The smallest absolute Gasteiger partial charge is 0.174 e. The number of hydrogen-bond acceptors (Lipinski definition) is 6. The zero-order chi connectivity index (χ0) is 19.4. The van der Waals surface area contributed by atoms with E-state index in [1.165, 1.54) is 26.4 Å². The number of nitrogens with one attached hydrogen (secondary N) is 1. The van der Waals surface area contributed by atoms with Crippen molar-refractivity contribution in [1.82, 2.24) is 0 Å². The molecule has 0 aliphatic rings. The van der Waals surface area contributed by atoms with Gasteiger partial charge in [0.1, 0.15) is 22.7 Å². The normalized spacial score (nSPS) is 10.9. The molecule has 27 heavy (non-hydrogen) atoms. The summed E-state index contributed by atoms with van der Waals surface area (Å²) in [5, 5.41) is 22.4. The van der Waals surface area contributed by atoms with E-state index in [1.807, 2.05) is 23.6 Å². The average molecular weight is 384 g/mol. The fourth-order valence-electron chi connectivity index (χ4n) is 2.87. The molecule has 0 spiro atoms. The molecule has 7 heteroatoms. The Hall–Kier alpha value is -2.71. The molecule has 0 saturated carbocycles. The van der Waals surface area contributed by atoms with Crippen molar-refractivity contribution < 1.29 is 19.5 Å². The second-order valence-corrected chi connectivity index (χ2v) is 6.73. The first kappa shape index (κ1) is 19.1. The number of hydrogen-bond donors (Lipinski definition) is 1. The molecule has 0 fully saturated rings. The van der Waals surface area contributed by atoms with Gasteiger partial charge in [0.2, 0.25) is 0 Å². The third-order valence-electron chi connectivity index (χ3n) is 4.16. The minimum atomic E-state index is -1.25. The van der Waals surface area contributed by atoms with Crippen LogP contribution in [0.5, 0.6) is 11.5 Å². The Labute approximate surface area is 160 Å². The van der Waals surface area contributed by atoms with Gasteiger partial charge in [-0.1, -0.05) is 18.2 Å². The Balaban J connectivity index is 1.98. The van der Waals surface area contributed by atoms with Gasteiger partial charge in [-0.05, 0) is 41.3 Å². The Morgan fingerprint density at radius 1 is 1.04 bits per heavy atom. The van der Waals surface area contributed by atoms with E-state index in [0.717, 1.165) is 10.4 Å². The maximum absolute atomic E-state index is 13.0. The van der Waals surface area contributed by atoms with Crippen LogP contribution < -0.4 is 14.7 Å². The number of carbonyl (C=O) groups excluding carboxylic acids is 1. The van der Waals surface area contributed by atoms with E-state index >= 15 is 0 Å². The van der Waals surface area contributed by atoms with Crippen LogP contribution in [0.3, 0.4) is 0 Å². The second-order valence-electron chi connectivity index (χ2n) is 5.79. The Morgan fingerprint density at radius 3 is 2.33 bits per heavy atom. The van der Waals surface area contributed by atoms with Crippen LogP contribution in [-0.4, -0.2) is 20.0 Å². The largest absolute Gasteiger partial charge is 0.628 e. The van der Waals surface area contributed by atoms with Gasteiger partial charge in [0.25, 0.3) is 0 Å². The van der Waals surface area contributed by atoms with Crippen LogP contribution in [0.1, 0.15) is 15.9 Å². The van der Waals surface area contributed by atoms with Crippen LogP contribution in [0, 0.1) is 10.4 Å². The summed E-state index contributed by atoms with van der Waals surface area (Å²) < 4.78 is 11.0. The van der Waals surface area contributed by atoms with Gasteiger partial charge < -0.3 is 25.1 Å². The van der Waals surface area contributed by atoms with Crippen LogP contribution in [-0.2, 0) is 6.42 Å². The number of rotatable bonds is 7. The molecule has 3 aromatic rings. The number of thiophene rings is 1. The molecular weight excluding hydrogens is 366 g/mol. The van der Waals surface area contributed by atoms with Crippen molar-refractivity contribution in [3.8, 4) is 21.9 Å². The molecule has 0 bridgehead atoms. The first-order valence-electron chi connectivity index (χ1n) is 8.17. The fourth-order valence-corrected chi connectivity index (χ4v) is 3.62. The van der Waals surface area contributed by atoms with E-state index in [4.69, 9.17) is 9.47 Å². The van der Waals surface area contributed by atoms with Crippen molar-refractivity contribution in [3.63, 3.8) is 0 Å². The first-order valence-corrected chi connectivity index (χ1v) is 9.05. The van der Waals surface area contributed by atoms with Gasteiger partial charge in [-0.25, -0.2) is 0 Å². The molecule has 3 rings (SSSR count). The van der Waals surface area contributed by atoms with Gasteiger partial charge in [-0.15, -0.1) is 11.3 Å². The SMILES string of the molecule is COc1ccc(-c2cccs2)c(OC)c1C(=O)Cc1ccc([NH+]([O-])[O-])cc1. The molecule has 1 N–H and O–H groups in total. The lowest BCUT2D eigenvalue weighted by Crippen LogP contribution is -2.96. The van der Waals surface area contributed by atoms with Crippen molar-refractivity contribution in [2.24, 2.45) is 0 Å². The highest BCUT2D eigenvalue weighted by Gasteiger charge is 2.23. The molecule has 140 valence electrons. The zero-order valence-corrected chi connectivity index (χ0v) is 15.7. The summed E-state index contributed by atoms with van der Waals surface area (Å²) in [6, 6.07) is 13.6. The third kappa shape index (κ3) is 4.01. The predicted molar refractivity (Wildman–Crippen MR) is 105 cm³/mol. The molecule has 1 aromatic heterocycles.